The Kier molecular flexibility index (Phi) is 4.31. The van der Waals surface area contributed by atoms with E-state index in [4.69, 9.17) is 21.5 Å². The Bertz CT molecular complexity index is 496. The number of nitrogens with one attached hydrogen (secondary N) is 1. The number of aryl methyl sites for hydroxylation is 1. The Balaban J connectivity index is 0.000000386. The highest BCUT2D eigenvalue weighted by Crippen LogP contribution is 2.25. The molecular weight excluding hydrogens is 233 g/mol. The van der Waals surface area contributed by atoms with Gasteiger partial charge in [0.05, 0.1) is 5.02 Å². The van der Waals surface area contributed by atoms with Crippen LogP contribution in [-0.4, -0.2) is 16.6 Å². The van der Waals surface area contributed by atoms with Gasteiger partial charge < -0.3 is 10.1 Å². The van der Waals surface area contributed by atoms with Crippen molar-refractivity contribution < 1.29 is 14.3 Å². The maximum Gasteiger partial charge on any atom is 0.290 e. The van der Waals surface area contributed by atoms with Gasteiger partial charge in [0.15, 0.2) is 0 Å². The van der Waals surface area contributed by atoms with E-state index in [-0.39, 0.29) is 12.3 Å². The Labute approximate surface area is 96.8 Å². The number of H-pyrrole nitrogens is 1. The number of rotatable bonds is 1. The summed E-state index contributed by atoms with van der Waals surface area (Å²) in [6, 6.07) is 3.28. The van der Waals surface area contributed by atoms with E-state index in [9.17, 15) is 4.39 Å². The fourth-order valence-corrected chi connectivity index (χ4v) is 1.64. The van der Waals surface area contributed by atoms with E-state index < -0.39 is 0 Å². The van der Waals surface area contributed by atoms with Crippen molar-refractivity contribution in [2.45, 2.75) is 13.3 Å². The van der Waals surface area contributed by atoms with E-state index in [2.05, 4.69) is 4.98 Å². The molecule has 0 bridgehead atoms. The minimum absolute atomic E-state index is 0.173. The molecule has 2 rings (SSSR count). The van der Waals surface area contributed by atoms with Crippen LogP contribution in [0.1, 0.15) is 12.5 Å². The second-order valence-corrected chi connectivity index (χ2v) is 3.49. The van der Waals surface area contributed by atoms with Crippen molar-refractivity contribution in [3.05, 3.63) is 34.7 Å². The van der Waals surface area contributed by atoms with Gasteiger partial charge in [0.1, 0.15) is 5.82 Å². The summed E-state index contributed by atoms with van der Waals surface area (Å²) in [4.78, 5) is 11.3. The van der Waals surface area contributed by atoms with Gasteiger partial charge in [-0.1, -0.05) is 18.5 Å². The molecule has 0 aliphatic heterocycles. The number of hydrogen-bond acceptors (Lipinski definition) is 1. The first-order chi connectivity index (χ1) is 7.63. The van der Waals surface area contributed by atoms with Gasteiger partial charge in [-0.15, -0.1) is 0 Å². The average Bonchev–Trinajstić information content (AvgIpc) is 2.60. The molecule has 0 amide bonds. The van der Waals surface area contributed by atoms with E-state index in [1.165, 1.54) is 6.07 Å². The zero-order valence-electron chi connectivity index (χ0n) is 8.63. The molecule has 16 heavy (non-hydrogen) atoms. The van der Waals surface area contributed by atoms with Crippen molar-refractivity contribution in [2.75, 3.05) is 0 Å². The Morgan fingerprint density at radius 1 is 1.56 bits per heavy atom. The molecule has 2 aromatic rings. The highest BCUT2D eigenvalue weighted by Gasteiger charge is 2.06. The largest absolute Gasteiger partial charge is 0.483 e. The standard InChI is InChI=1S/C10H9ClFN.CH2O2/c1-2-6-3-7-8(11)5-13-10(7)4-9(6)12;2-1-3/h3-5,13H,2H2,1H3;1H,(H,2,3). The molecule has 0 aliphatic rings. The lowest BCUT2D eigenvalue weighted by Gasteiger charge is -1.99. The second kappa shape index (κ2) is 5.51. The topological polar surface area (TPSA) is 53.1 Å². The number of benzene rings is 1. The minimum Gasteiger partial charge on any atom is -0.483 e. The normalized spacial score (nSPS) is 9.69. The molecule has 1 aromatic carbocycles. The highest BCUT2D eigenvalue weighted by atomic mass is 35.5. The highest BCUT2D eigenvalue weighted by molar-refractivity contribution is 6.35. The molecule has 0 saturated heterocycles. The first kappa shape index (κ1) is 12.5. The van der Waals surface area contributed by atoms with E-state index in [0.717, 1.165) is 10.9 Å². The summed E-state index contributed by atoms with van der Waals surface area (Å²) < 4.78 is 13.3. The van der Waals surface area contributed by atoms with Crippen molar-refractivity contribution in [3.63, 3.8) is 0 Å². The summed E-state index contributed by atoms with van der Waals surface area (Å²) in [6.45, 7) is 1.67. The molecule has 5 heteroatoms. The Morgan fingerprint density at radius 2 is 2.19 bits per heavy atom. The lowest BCUT2D eigenvalue weighted by Crippen LogP contribution is -1.86. The smallest absolute Gasteiger partial charge is 0.290 e. The quantitative estimate of drug-likeness (QED) is 0.756. The molecule has 3 nitrogen and oxygen atoms in total. The summed E-state index contributed by atoms with van der Waals surface area (Å²) >= 11 is 5.90. The molecule has 0 saturated carbocycles. The molecule has 0 atom stereocenters. The molecule has 0 aliphatic carbocycles. The van der Waals surface area contributed by atoms with Crippen LogP contribution < -0.4 is 0 Å². The average molecular weight is 244 g/mol. The molecule has 86 valence electrons. The SMILES string of the molecule is CCc1cc2c(Cl)c[nH]c2cc1F.O=CO. The van der Waals surface area contributed by atoms with Crippen LogP contribution >= 0.6 is 11.6 Å². The lowest BCUT2D eigenvalue weighted by atomic mass is 10.1. The third kappa shape index (κ3) is 2.52. The summed E-state index contributed by atoms with van der Waals surface area (Å²) in [5.41, 5.74) is 1.45. The molecule has 0 spiro atoms. The lowest BCUT2D eigenvalue weighted by molar-refractivity contribution is -0.122. The van der Waals surface area contributed by atoms with Crippen molar-refractivity contribution in [2.24, 2.45) is 0 Å². The number of halogens is 2. The summed E-state index contributed by atoms with van der Waals surface area (Å²) in [7, 11) is 0. The van der Waals surface area contributed by atoms with E-state index in [1.54, 1.807) is 12.3 Å². The fourth-order valence-electron chi connectivity index (χ4n) is 1.42. The van der Waals surface area contributed by atoms with Crippen molar-refractivity contribution in [3.8, 4) is 0 Å². The fraction of sp³-hybridized carbons (Fsp3) is 0.182. The van der Waals surface area contributed by atoms with Gasteiger partial charge in [0.2, 0.25) is 0 Å². The van der Waals surface area contributed by atoms with Crippen LogP contribution in [0, 0.1) is 5.82 Å². The van der Waals surface area contributed by atoms with Crippen molar-refractivity contribution in [1.82, 2.24) is 4.98 Å². The predicted molar refractivity (Wildman–Crippen MR) is 61.3 cm³/mol. The first-order valence-electron chi connectivity index (χ1n) is 4.66. The molecule has 0 fully saturated rings. The number of carbonyl (C=O) groups is 1. The number of fused-ring (bicyclic) bond motifs is 1. The number of carboxylic acid groups (broad SMARTS) is 1. The van der Waals surface area contributed by atoms with Crippen LogP contribution in [0.2, 0.25) is 5.02 Å². The molecular formula is C11H11ClFNO2. The van der Waals surface area contributed by atoms with Crippen LogP contribution in [0.4, 0.5) is 4.39 Å². The van der Waals surface area contributed by atoms with E-state index in [1.807, 2.05) is 6.92 Å². The molecule has 0 radical (unpaired) electrons. The molecule has 2 N–H and O–H groups in total. The zero-order chi connectivity index (χ0) is 12.1. The number of aromatic nitrogens is 1. The van der Waals surface area contributed by atoms with Crippen LogP contribution in [0.5, 0.6) is 0 Å². The maximum atomic E-state index is 13.3. The molecule has 1 heterocycles. The second-order valence-electron chi connectivity index (χ2n) is 3.08. The van der Waals surface area contributed by atoms with Gasteiger partial charge in [-0.25, -0.2) is 4.39 Å². The number of aromatic amines is 1. The third-order valence-electron chi connectivity index (χ3n) is 2.18. The van der Waals surface area contributed by atoms with Gasteiger partial charge in [-0.2, -0.15) is 0 Å². The Hall–Kier alpha value is -1.55. The third-order valence-corrected chi connectivity index (χ3v) is 2.49. The van der Waals surface area contributed by atoms with Crippen molar-refractivity contribution in [1.29, 1.82) is 0 Å². The van der Waals surface area contributed by atoms with Gasteiger partial charge in [-0.05, 0) is 24.1 Å². The van der Waals surface area contributed by atoms with Crippen LogP contribution in [0.25, 0.3) is 10.9 Å². The monoisotopic (exact) mass is 243 g/mol. The van der Waals surface area contributed by atoms with Gasteiger partial charge in [-0.3, -0.25) is 4.79 Å². The van der Waals surface area contributed by atoms with Crippen LogP contribution in [0.3, 0.4) is 0 Å². The summed E-state index contributed by atoms with van der Waals surface area (Å²) in [5, 5.41) is 8.42. The van der Waals surface area contributed by atoms with Crippen LogP contribution in [-0.2, 0) is 11.2 Å². The summed E-state index contributed by atoms with van der Waals surface area (Å²) in [6.07, 6.45) is 2.36. The van der Waals surface area contributed by atoms with E-state index >= 15 is 0 Å². The first-order valence-corrected chi connectivity index (χ1v) is 5.04. The van der Waals surface area contributed by atoms with E-state index in [0.29, 0.717) is 17.0 Å². The zero-order valence-corrected chi connectivity index (χ0v) is 9.38. The van der Waals surface area contributed by atoms with Gasteiger partial charge >= 0.3 is 0 Å². The molecule has 0 unspecified atom stereocenters. The predicted octanol–water partition coefficient (Wildman–Crippen LogP) is 3.22. The minimum atomic E-state index is -0.250. The Morgan fingerprint density at radius 3 is 2.75 bits per heavy atom. The maximum absolute atomic E-state index is 13.3. The van der Waals surface area contributed by atoms with Crippen molar-refractivity contribution >= 4 is 29.0 Å². The van der Waals surface area contributed by atoms with Gasteiger partial charge in [0, 0.05) is 17.1 Å². The van der Waals surface area contributed by atoms with Gasteiger partial charge in [0.25, 0.3) is 6.47 Å². The summed E-state index contributed by atoms with van der Waals surface area (Å²) in [5.74, 6) is -0.173. The molecule has 1 aromatic heterocycles. The number of hydrogen-bond donors (Lipinski definition) is 2. The van der Waals surface area contributed by atoms with Crippen LogP contribution in [0.15, 0.2) is 18.3 Å².